The summed E-state index contributed by atoms with van der Waals surface area (Å²) in [6, 6.07) is 17.5. The van der Waals surface area contributed by atoms with Gasteiger partial charge in [-0.2, -0.15) is 0 Å². The van der Waals surface area contributed by atoms with Crippen molar-refractivity contribution in [3.63, 3.8) is 0 Å². The molecule has 31 heavy (non-hydrogen) atoms. The van der Waals surface area contributed by atoms with Crippen LogP contribution in [-0.2, 0) is 5.41 Å². The molecule has 0 bridgehead atoms. The average Bonchev–Trinajstić information content (AvgIpc) is 3.07. The average molecular weight is 411 g/mol. The van der Waals surface area contributed by atoms with Crippen LogP contribution in [0.25, 0.3) is 11.4 Å². The molecule has 2 aromatic carbocycles. The van der Waals surface area contributed by atoms with E-state index in [1.165, 1.54) is 42.5 Å². The van der Waals surface area contributed by atoms with E-state index in [1.807, 2.05) is 6.20 Å². The molecule has 2 aliphatic heterocycles. The van der Waals surface area contributed by atoms with E-state index >= 15 is 0 Å². The van der Waals surface area contributed by atoms with E-state index < -0.39 is 0 Å². The first-order chi connectivity index (χ1) is 15.1. The van der Waals surface area contributed by atoms with Gasteiger partial charge in [-0.05, 0) is 49.8 Å². The van der Waals surface area contributed by atoms with E-state index in [1.54, 1.807) is 0 Å². The second-order valence-corrected chi connectivity index (χ2v) is 9.53. The summed E-state index contributed by atoms with van der Waals surface area (Å²) in [5.74, 6) is 1.87. The Hall–Kier alpha value is -2.88. The Morgan fingerprint density at radius 2 is 1.74 bits per heavy atom. The zero-order valence-corrected chi connectivity index (χ0v) is 18.9. The molecule has 3 unspecified atom stereocenters. The van der Waals surface area contributed by atoms with Crippen LogP contribution in [0, 0.1) is 12.3 Å². The summed E-state index contributed by atoms with van der Waals surface area (Å²) in [5.41, 5.74) is 6.79. The Morgan fingerprint density at radius 3 is 2.45 bits per heavy atom. The molecule has 1 fully saturated rings. The van der Waals surface area contributed by atoms with Crippen LogP contribution in [0.1, 0.15) is 50.7 Å². The number of benzene rings is 2. The molecule has 1 aromatic heterocycles. The molecular weight excluding hydrogens is 380 g/mol. The van der Waals surface area contributed by atoms with Crippen LogP contribution in [0.3, 0.4) is 0 Å². The Balaban J connectivity index is 1.60. The van der Waals surface area contributed by atoms with Gasteiger partial charge in [-0.3, -0.25) is 0 Å². The third-order valence-electron chi connectivity index (χ3n) is 8.71. The van der Waals surface area contributed by atoms with Crippen LogP contribution < -0.4 is 9.80 Å². The number of aromatic nitrogens is 2. The SMILES string of the molecule is CCC12CCC1(CC)C1N(C)c3cnc(-c4ccccc4C)nc3N1c1ccccc12. The van der Waals surface area contributed by atoms with Gasteiger partial charge in [-0.1, -0.05) is 56.3 Å². The minimum atomic E-state index is 0.231. The summed E-state index contributed by atoms with van der Waals surface area (Å²) in [5, 5.41) is 0. The van der Waals surface area contributed by atoms with Crippen molar-refractivity contribution in [1.82, 2.24) is 9.97 Å². The number of hydrogen-bond donors (Lipinski definition) is 0. The van der Waals surface area contributed by atoms with Crippen molar-refractivity contribution >= 4 is 17.2 Å². The molecule has 4 heteroatoms. The van der Waals surface area contributed by atoms with Gasteiger partial charge < -0.3 is 9.80 Å². The fourth-order valence-electron chi connectivity index (χ4n) is 7.06. The Kier molecular flexibility index (Phi) is 3.84. The number of fused-ring (bicyclic) bond motifs is 8. The fourth-order valence-corrected chi connectivity index (χ4v) is 7.06. The number of rotatable bonds is 3. The molecule has 3 aromatic rings. The first kappa shape index (κ1) is 18.9. The number of hydrogen-bond acceptors (Lipinski definition) is 4. The smallest absolute Gasteiger partial charge is 0.162 e. The predicted octanol–water partition coefficient (Wildman–Crippen LogP) is 6.22. The van der Waals surface area contributed by atoms with Crippen molar-refractivity contribution in [1.29, 1.82) is 0 Å². The molecule has 3 aliphatic rings. The molecule has 0 spiro atoms. The maximum Gasteiger partial charge on any atom is 0.162 e. The zero-order chi connectivity index (χ0) is 21.4. The Morgan fingerprint density at radius 1 is 0.968 bits per heavy atom. The Labute approximate surface area is 185 Å². The van der Waals surface area contributed by atoms with E-state index in [0.29, 0.717) is 0 Å². The highest BCUT2D eigenvalue weighted by atomic mass is 15.5. The van der Waals surface area contributed by atoms with E-state index in [-0.39, 0.29) is 17.0 Å². The molecule has 1 aliphatic carbocycles. The molecule has 3 heterocycles. The fraction of sp³-hybridized carbons (Fsp3) is 0.407. The third kappa shape index (κ3) is 2.11. The molecule has 0 saturated heterocycles. The second-order valence-electron chi connectivity index (χ2n) is 9.53. The quantitative estimate of drug-likeness (QED) is 0.513. The summed E-state index contributed by atoms with van der Waals surface area (Å²) < 4.78 is 0. The summed E-state index contributed by atoms with van der Waals surface area (Å²) >= 11 is 0. The maximum atomic E-state index is 5.19. The largest absolute Gasteiger partial charge is 0.349 e. The van der Waals surface area contributed by atoms with Crippen LogP contribution in [0.4, 0.5) is 17.2 Å². The zero-order valence-electron chi connectivity index (χ0n) is 18.9. The lowest BCUT2D eigenvalue weighted by atomic mass is 9.42. The van der Waals surface area contributed by atoms with Crippen LogP contribution in [0.2, 0.25) is 0 Å². The van der Waals surface area contributed by atoms with Gasteiger partial charge >= 0.3 is 0 Å². The van der Waals surface area contributed by atoms with E-state index in [2.05, 4.69) is 86.1 Å². The minimum Gasteiger partial charge on any atom is -0.349 e. The maximum absolute atomic E-state index is 5.19. The molecule has 158 valence electrons. The lowest BCUT2D eigenvalue weighted by Crippen LogP contribution is -2.69. The van der Waals surface area contributed by atoms with Crippen molar-refractivity contribution in [3.8, 4) is 11.4 Å². The van der Waals surface area contributed by atoms with Crippen molar-refractivity contribution in [2.45, 2.75) is 58.0 Å². The summed E-state index contributed by atoms with van der Waals surface area (Å²) in [7, 11) is 2.24. The lowest BCUT2D eigenvalue weighted by molar-refractivity contribution is -0.0468. The summed E-state index contributed by atoms with van der Waals surface area (Å²) in [6.45, 7) is 6.90. The molecule has 0 N–H and O–H groups in total. The van der Waals surface area contributed by atoms with Crippen LogP contribution >= 0.6 is 0 Å². The van der Waals surface area contributed by atoms with E-state index in [4.69, 9.17) is 9.97 Å². The minimum absolute atomic E-state index is 0.231. The van der Waals surface area contributed by atoms with Gasteiger partial charge in [0.25, 0.3) is 0 Å². The van der Waals surface area contributed by atoms with Crippen LogP contribution in [-0.4, -0.2) is 23.2 Å². The van der Waals surface area contributed by atoms with E-state index in [9.17, 15) is 0 Å². The highest BCUT2D eigenvalue weighted by molar-refractivity contribution is 5.85. The summed E-state index contributed by atoms with van der Waals surface area (Å²) in [6.07, 6.45) is 7.24. The van der Waals surface area contributed by atoms with E-state index in [0.717, 1.165) is 22.9 Å². The summed E-state index contributed by atoms with van der Waals surface area (Å²) in [4.78, 5) is 15.0. The number of para-hydroxylation sites is 1. The van der Waals surface area contributed by atoms with Gasteiger partial charge in [0.2, 0.25) is 0 Å². The normalized spacial score (nSPS) is 27.8. The predicted molar refractivity (Wildman–Crippen MR) is 127 cm³/mol. The first-order valence-corrected chi connectivity index (χ1v) is 11.6. The van der Waals surface area contributed by atoms with Gasteiger partial charge in [0, 0.05) is 29.1 Å². The number of anilines is 3. The van der Waals surface area contributed by atoms with Gasteiger partial charge in [-0.15, -0.1) is 0 Å². The third-order valence-corrected chi connectivity index (χ3v) is 8.71. The standard InChI is InChI=1S/C27H30N4/c1-5-26-15-16-27(26,6-2)25-30(4)22-17-28-23(19-12-8-7-11-18(19)3)29-24(22)31(25)21-14-10-9-13-20(21)26/h7-14,17,25H,5-6,15-16H2,1-4H3. The van der Waals surface area contributed by atoms with Crippen molar-refractivity contribution < 1.29 is 0 Å². The topological polar surface area (TPSA) is 32.3 Å². The molecule has 3 atom stereocenters. The first-order valence-electron chi connectivity index (χ1n) is 11.6. The highest BCUT2D eigenvalue weighted by Crippen LogP contribution is 2.71. The molecule has 6 rings (SSSR count). The van der Waals surface area contributed by atoms with Gasteiger partial charge in [0.15, 0.2) is 11.6 Å². The second kappa shape index (κ2) is 6.32. The highest BCUT2D eigenvalue weighted by Gasteiger charge is 2.68. The lowest BCUT2D eigenvalue weighted by Gasteiger charge is -2.68. The monoisotopic (exact) mass is 410 g/mol. The van der Waals surface area contributed by atoms with Crippen molar-refractivity contribution in [2.24, 2.45) is 5.41 Å². The van der Waals surface area contributed by atoms with Gasteiger partial charge in [0.1, 0.15) is 11.9 Å². The van der Waals surface area contributed by atoms with Gasteiger partial charge in [-0.25, -0.2) is 9.97 Å². The molecule has 1 saturated carbocycles. The molecule has 0 radical (unpaired) electrons. The number of nitrogens with zero attached hydrogens (tertiary/aromatic N) is 4. The Bertz CT molecular complexity index is 1180. The number of aryl methyl sites for hydroxylation is 1. The molecule has 4 nitrogen and oxygen atoms in total. The van der Waals surface area contributed by atoms with Gasteiger partial charge in [0.05, 0.1) is 6.20 Å². The molecular formula is C27H30N4. The van der Waals surface area contributed by atoms with Crippen LogP contribution in [0.15, 0.2) is 54.7 Å². The van der Waals surface area contributed by atoms with Crippen molar-refractivity contribution in [2.75, 3.05) is 16.8 Å². The molecule has 0 amide bonds. The van der Waals surface area contributed by atoms with Crippen molar-refractivity contribution in [3.05, 3.63) is 65.9 Å². The van der Waals surface area contributed by atoms with Crippen LogP contribution in [0.5, 0.6) is 0 Å².